The molecule has 0 aliphatic rings. The summed E-state index contributed by atoms with van der Waals surface area (Å²) < 4.78 is 8.29. The number of aromatic amines is 1. The molecule has 0 bridgehead atoms. The number of nitrogens with one attached hydrogen (secondary N) is 1. The van der Waals surface area contributed by atoms with Crippen LogP contribution in [0.2, 0.25) is 5.02 Å². The minimum absolute atomic E-state index is 0.159. The molecule has 0 fully saturated rings. The summed E-state index contributed by atoms with van der Waals surface area (Å²) in [5.41, 5.74) is 5.17. The van der Waals surface area contributed by atoms with E-state index in [1.807, 2.05) is 49.4 Å². The highest BCUT2D eigenvalue weighted by atomic mass is 35.5. The van der Waals surface area contributed by atoms with Crippen LogP contribution in [0, 0.1) is 6.92 Å². The standard InChI is InChI=1S/C26H21ClN4O4/c1-14-5-4-6-15(11-14)22-23(29-24(28-22)25(32)33)16-7-9-20-21(12-16)30(2)26(34)31(20)19-10-8-17(35-3)13-18(19)27/h4-13H,1-3H3,(H,28,29)(H,32,33). The third kappa shape index (κ3) is 3.77. The Bertz CT molecular complexity index is 1680. The lowest BCUT2D eigenvalue weighted by atomic mass is 10.0. The predicted octanol–water partition coefficient (Wildman–Crippen LogP) is 5.05. The molecule has 5 rings (SSSR count). The van der Waals surface area contributed by atoms with Crippen LogP contribution in [0.1, 0.15) is 16.2 Å². The Morgan fingerprint density at radius 1 is 1.06 bits per heavy atom. The number of H-pyrrole nitrogens is 1. The van der Waals surface area contributed by atoms with E-state index in [9.17, 15) is 14.7 Å². The Morgan fingerprint density at radius 3 is 2.54 bits per heavy atom. The van der Waals surface area contributed by atoms with E-state index < -0.39 is 5.97 Å². The van der Waals surface area contributed by atoms with Crippen molar-refractivity contribution in [2.45, 2.75) is 6.92 Å². The highest BCUT2D eigenvalue weighted by Crippen LogP contribution is 2.33. The van der Waals surface area contributed by atoms with Gasteiger partial charge in [0.1, 0.15) is 5.75 Å². The number of methoxy groups -OCH3 is 1. The number of benzene rings is 3. The van der Waals surface area contributed by atoms with Gasteiger partial charge in [-0.2, -0.15) is 0 Å². The summed E-state index contributed by atoms with van der Waals surface area (Å²) in [7, 11) is 3.23. The Labute approximate surface area is 205 Å². The van der Waals surface area contributed by atoms with Gasteiger partial charge in [-0.05, 0) is 37.3 Å². The fraction of sp³-hybridized carbons (Fsp3) is 0.115. The molecule has 0 atom stereocenters. The van der Waals surface area contributed by atoms with Gasteiger partial charge in [0.05, 0.1) is 40.2 Å². The third-order valence-electron chi connectivity index (χ3n) is 5.94. The molecule has 0 unspecified atom stereocenters. The largest absolute Gasteiger partial charge is 0.497 e. The van der Waals surface area contributed by atoms with Gasteiger partial charge >= 0.3 is 11.7 Å². The van der Waals surface area contributed by atoms with E-state index >= 15 is 0 Å². The fourth-order valence-electron chi connectivity index (χ4n) is 4.21. The number of carbonyl (C=O) groups is 1. The van der Waals surface area contributed by atoms with Crippen molar-refractivity contribution >= 4 is 28.6 Å². The Balaban J connectivity index is 1.72. The average Bonchev–Trinajstić information content (AvgIpc) is 3.39. The maximum Gasteiger partial charge on any atom is 0.371 e. The minimum atomic E-state index is -1.15. The lowest BCUT2D eigenvalue weighted by Crippen LogP contribution is -2.21. The summed E-state index contributed by atoms with van der Waals surface area (Å²) in [6.07, 6.45) is 0. The second kappa shape index (κ2) is 8.48. The van der Waals surface area contributed by atoms with E-state index in [1.165, 1.54) is 9.13 Å². The van der Waals surface area contributed by atoms with Gasteiger partial charge in [0.25, 0.3) is 0 Å². The number of carboxylic acids is 1. The van der Waals surface area contributed by atoms with Gasteiger partial charge in [-0.3, -0.25) is 9.13 Å². The lowest BCUT2D eigenvalue weighted by Gasteiger charge is -2.09. The topological polar surface area (TPSA) is 102 Å². The molecule has 9 heteroatoms. The van der Waals surface area contributed by atoms with Crippen LogP contribution in [0.3, 0.4) is 0 Å². The fourth-order valence-corrected chi connectivity index (χ4v) is 4.46. The molecule has 0 radical (unpaired) electrons. The first-order valence-electron chi connectivity index (χ1n) is 10.7. The first-order valence-corrected chi connectivity index (χ1v) is 11.1. The van der Waals surface area contributed by atoms with Crippen LogP contribution in [0.25, 0.3) is 39.2 Å². The molecule has 2 N–H and O–H groups in total. The number of hydrogen-bond donors (Lipinski definition) is 2. The molecular weight excluding hydrogens is 468 g/mol. The van der Waals surface area contributed by atoms with Gasteiger partial charge in [-0.25, -0.2) is 14.6 Å². The number of rotatable bonds is 5. The highest BCUT2D eigenvalue weighted by molar-refractivity contribution is 6.32. The van der Waals surface area contributed by atoms with Crippen LogP contribution in [0.15, 0.2) is 65.5 Å². The second-order valence-corrected chi connectivity index (χ2v) is 8.59. The number of aromatic carboxylic acids is 1. The second-order valence-electron chi connectivity index (χ2n) is 8.18. The van der Waals surface area contributed by atoms with E-state index in [0.717, 1.165) is 11.1 Å². The first-order chi connectivity index (χ1) is 16.8. The predicted molar refractivity (Wildman–Crippen MR) is 135 cm³/mol. The van der Waals surface area contributed by atoms with Gasteiger partial charge in [-0.1, -0.05) is 41.4 Å². The van der Waals surface area contributed by atoms with Crippen LogP contribution in [0.4, 0.5) is 0 Å². The molecule has 8 nitrogen and oxygen atoms in total. The van der Waals surface area contributed by atoms with Crippen molar-refractivity contribution in [3.63, 3.8) is 0 Å². The van der Waals surface area contributed by atoms with Crippen molar-refractivity contribution in [3.8, 4) is 34.0 Å². The quantitative estimate of drug-likeness (QED) is 0.360. The van der Waals surface area contributed by atoms with E-state index in [0.29, 0.717) is 44.4 Å². The zero-order valence-corrected chi connectivity index (χ0v) is 19.9. The first kappa shape index (κ1) is 22.5. The van der Waals surface area contributed by atoms with Gasteiger partial charge < -0.3 is 14.8 Å². The summed E-state index contributed by atoms with van der Waals surface area (Å²) in [5, 5.41) is 9.93. The van der Waals surface area contributed by atoms with Crippen molar-refractivity contribution in [2.75, 3.05) is 7.11 Å². The normalized spacial score (nSPS) is 11.2. The Morgan fingerprint density at radius 2 is 1.86 bits per heavy atom. The number of aryl methyl sites for hydroxylation is 2. The minimum Gasteiger partial charge on any atom is -0.497 e. The van der Waals surface area contributed by atoms with Gasteiger partial charge in [0.2, 0.25) is 5.82 Å². The van der Waals surface area contributed by atoms with Gasteiger partial charge in [-0.15, -0.1) is 0 Å². The van der Waals surface area contributed by atoms with Crippen LogP contribution in [-0.4, -0.2) is 37.3 Å². The summed E-state index contributed by atoms with van der Waals surface area (Å²) in [5.74, 6) is -0.724. The third-order valence-corrected chi connectivity index (χ3v) is 6.24. The monoisotopic (exact) mass is 488 g/mol. The number of imidazole rings is 2. The van der Waals surface area contributed by atoms with Crippen molar-refractivity contribution in [3.05, 3.63) is 87.6 Å². The molecule has 0 aliphatic carbocycles. The molecule has 176 valence electrons. The molecule has 3 aromatic carbocycles. The molecular formula is C26H21ClN4O4. The van der Waals surface area contributed by atoms with Crippen molar-refractivity contribution in [1.29, 1.82) is 0 Å². The molecule has 0 aliphatic heterocycles. The SMILES string of the molecule is COc1ccc(-n2c(=O)n(C)c3cc(-c4[nH]c(C(=O)O)nc4-c4cccc(C)c4)ccc32)c(Cl)c1. The number of nitrogens with zero attached hydrogens (tertiary/aromatic N) is 3. The highest BCUT2D eigenvalue weighted by Gasteiger charge is 2.21. The zero-order valence-electron chi connectivity index (χ0n) is 19.2. The molecule has 0 saturated carbocycles. The zero-order chi connectivity index (χ0) is 24.9. The van der Waals surface area contributed by atoms with Gasteiger partial charge in [0.15, 0.2) is 0 Å². The van der Waals surface area contributed by atoms with Crippen LogP contribution >= 0.6 is 11.6 Å². The molecule has 0 saturated heterocycles. The van der Waals surface area contributed by atoms with Crippen LogP contribution < -0.4 is 10.4 Å². The summed E-state index contributed by atoms with van der Waals surface area (Å²) in [6.45, 7) is 1.96. The molecule has 0 spiro atoms. The van der Waals surface area contributed by atoms with Crippen molar-refractivity contribution in [2.24, 2.45) is 7.05 Å². The smallest absolute Gasteiger partial charge is 0.371 e. The number of fused-ring (bicyclic) bond motifs is 1. The van der Waals surface area contributed by atoms with E-state index in [4.69, 9.17) is 16.3 Å². The summed E-state index contributed by atoms with van der Waals surface area (Å²) in [6, 6.07) is 18.3. The Hall–Kier alpha value is -4.30. The molecule has 2 aromatic heterocycles. The van der Waals surface area contributed by atoms with Crippen LogP contribution in [-0.2, 0) is 7.05 Å². The average molecular weight is 489 g/mol. The van der Waals surface area contributed by atoms with E-state index in [2.05, 4.69) is 9.97 Å². The van der Waals surface area contributed by atoms with Gasteiger partial charge in [0, 0.05) is 24.2 Å². The van der Waals surface area contributed by atoms with Crippen LogP contribution in [0.5, 0.6) is 5.75 Å². The maximum atomic E-state index is 13.2. The number of aromatic nitrogens is 4. The summed E-state index contributed by atoms with van der Waals surface area (Å²) >= 11 is 6.47. The van der Waals surface area contributed by atoms with Crippen molar-refractivity contribution < 1.29 is 14.6 Å². The number of carboxylic acid groups (broad SMARTS) is 1. The number of hydrogen-bond acceptors (Lipinski definition) is 4. The molecule has 0 amide bonds. The Kier molecular flexibility index (Phi) is 5.45. The van der Waals surface area contributed by atoms with Crippen molar-refractivity contribution in [1.82, 2.24) is 19.1 Å². The number of ether oxygens (including phenoxy) is 1. The number of halogens is 1. The lowest BCUT2D eigenvalue weighted by molar-refractivity contribution is 0.0685. The molecule has 2 heterocycles. The maximum absolute atomic E-state index is 13.2. The van der Waals surface area contributed by atoms with E-state index in [1.54, 1.807) is 32.4 Å². The summed E-state index contributed by atoms with van der Waals surface area (Å²) in [4.78, 5) is 32.2. The molecule has 5 aromatic rings. The molecule has 35 heavy (non-hydrogen) atoms. The van der Waals surface area contributed by atoms with E-state index in [-0.39, 0.29) is 11.5 Å².